The highest BCUT2D eigenvalue weighted by Gasteiger charge is 2.20. The number of aromatic nitrogens is 2. The molecule has 1 aliphatic carbocycles. The molecule has 1 aromatic rings. The summed E-state index contributed by atoms with van der Waals surface area (Å²) in [6.45, 7) is 1.83. The summed E-state index contributed by atoms with van der Waals surface area (Å²) in [6.07, 6.45) is 5.27. The van der Waals surface area contributed by atoms with Gasteiger partial charge < -0.3 is 9.84 Å². The second-order valence-electron chi connectivity index (χ2n) is 3.88. The summed E-state index contributed by atoms with van der Waals surface area (Å²) in [5, 5.41) is 9.37. The molecule has 0 saturated heterocycles. The highest BCUT2D eigenvalue weighted by Crippen LogP contribution is 2.22. The molecule has 1 aromatic heterocycles. The number of allylic oxidation sites excluding steroid dienone is 1. The van der Waals surface area contributed by atoms with Gasteiger partial charge in [0.05, 0.1) is 19.3 Å². The second-order valence-corrected chi connectivity index (χ2v) is 3.88. The molecule has 2 atom stereocenters. The zero-order valence-electron chi connectivity index (χ0n) is 9.25. The molecular weight excluding hydrogens is 208 g/mol. The van der Waals surface area contributed by atoms with E-state index in [9.17, 15) is 9.90 Å². The van der Waals surface area contributed by atoms with E-state index in [1.807, 2.05) is 13.0 Å². The van der Waals surface area contributed by atoms with Gasteiger partial charge in [0.1, 0.15) is 0 Å². The van der Waals surface area contributed by atoms with Crippen LogP contribution in [0.2, 0.25) is 0 Å². The highest BCUT2D eigenvalue weighted by atomic mass is 16.5. The first-order valence-electron chi connectivity index (χ1n) is 5.12. The molecule has 2 rings (SSSR count). The van der Waals surface area contributed by atoms with Crippen LogP contribution in [0.25, 0.3) is 0 Å². The van der Waals surface area contributed by atoms with Crippen LogP contribution in [0.15, 0.2) is 23.1 Å². The van der Waals surface area contributed by atoms with Crippen molar-refractivity contribution in [3.63, 3.8) is 0 Å². The Morgan fingerprint density at radius 2 is 2.31 bits per heavy atom. The van der Waals surface area contributed by atoms with Crippen molar-refractivity contribution < 1.29 is 9.84 Å². The zero-order valence-corrected chi connectivity index (χ0v) is 9.25. The smallest absolute Gasteiger partial charge is 0.351 e. The van der Waals surface area contributed by atoms with Gasteiger partial charge in [0.25, 0.3) is 0 Å². The summed E-state index contributed by atoms with van der Waals surface area (Å²) in [7, 11) is 1.48. The Morgan fingerprint density at radius 3 is 2.88 bits per heavy atom. The predicted molar refractivity (Wildman–Crippen MR) is 58.6 cm³/mol. The van der Waals surface area contributed by atoms with Gasteiger partial charge in [-0.2, -0.15) is 4.98 Å². The fraction of sp³-hybridized carbons (Fsp3) is 0.455. The Morgan fingerprint density at radius 1 is 1.56 bits per heavy atom. The summed E-state index contributed by atoms with van der Waals surface area (Å²) in [5.74, 6) is 0.351. The Balaban J connectivity index is 2.39. The minimum atomic E-state index is -0.473. The van der Waals surface area contributed by atoms with E-state index in [-0.39, 0.29) is 11.7 Å². The number of hydrogen-bond donors (Lipinski definition) is 1. The third-order valence-electron chi connectivity index (χ3n) is 2.68. The molecule has 0 bridgehead atoms. The Hall–Kier alpha value is -1.62. The summed E-state index contributed by atoms with van der Waals surface area (Å²) in [4.78, 5) is 15.5. The number of aliphatic hydroxyl groups excluding tert-OH is 1. The molecule has 1 aliphatic rings. The maximum atomic E-state index is 11.7. The normalized spacial score (nSPS) is 23.7. The molecule has 0 amide bonds. The number of aryl methyl sites for hydroxylation is 1. The molecule has 5 heteroatoms. The number of rotatable bonds is 2. The van der Waals surface area contributed by atoms with Crippen LogP contribution in [0, 0.1) is 6.92 Å². The zero-order chi connectivity index (χ0) is 11.7. The third kappa shape index (κ3) is 1.86. The van der Waals surface area contributed by atoms with Crippen LogP contribution in [0.5, 0.6) is 5.88 Å². The topological polar surface area (TPSA) is 64.3 Å². The molecule has 1 heterocycles. The van der Waals surface area contributed by atoms with Crippen molar-refractivity contribution in [1.29, 1.82) is 0 Å². The second kappa shape index (κ2) is 4.09. The van der Waals surface area contributed by atoms with Crippen molar-refractivity contribution in [2.24, 2.45) is 0 Å². The van der Waals surface area contributed by atoms with Crippen LogP contribution in [0.1, 0.15) is 18.0 Å². The molecular formula is C11H14N2O3. The first kappa shape index (κ1) is 10.9. The number of methoxy groups -OCH3 is 1. The van der Waals surface area contributed by atoms with Crippen LogP contribution >= 0.6 is 0 Å². The molecule has 0 aromatic carbocycles. The van der Waals surface area contributed by atoms with Gasteiger partial charge in [0, 0.05) is 18.2 Å². The van der Waals surface area contributed by atoms with E-state index in [1.165, 1.54) is 11.7 Å². The van der Waals surface area contributed by atoms with E-state index >= 15 is 0 Å². The summed E-state index contributed by atoms with van der Waals surface area (Å²) >= 11 is 0. The molecule has 0 aliphatic heterocycles. The fourth-order valence-electron chi connectivity index (χ4n) is 1.86. The Bertz CT molecular complexity index is 479. The Labute approximate surface area is 93.0 Å². The van der Waals surface area contributed by atoms with Gasteiger partial charge in [-0.25, -0.2) is 4.79 Å². The molecule has 1 N–H and O–H groups in total. The van der Waals surface area contributed by atoms with Crippen LogP contribution in [0.3, 0.4) is 0 Å². The SMILES string of the molecule is COc1nc(=O)n(C2C=CC(O)C2)cc1C. The lowest BCUT2D eigenvalue weighted by Gasteiger charge is -2.14. The van der Waals surface area contributed by atoms with E-state index in [1.54, 1.807) is 12.3 Å². The van der Waals surface area contributed by atoms with Crippen molar-refractivity contribution >= 4 is 0 Å². The molecule has 0 spiro atoms. The van der Waals surface area contributed by atoms with Crippen molar-refractivity contribution in [3.8, 4) is 5.88 Å². The van der Waals surface area contributed by atoms with Crippen LogP contribution in [-0.4, -0.2) is 27.9 Å². The van der Waals surface area contributed by atoms with E-state index in [2.05, 4.69) is 4.98 Å². The van der Waals surface area contributed by atoms with Gasteiger partial charge in [-0.1, -0.05) is 12.2 Å². The third-order valence-corrected chi connectivity index (χ3v) is 2.68. The van der Waals surface area contributed by atoms with Gasteiger partial charge in [-0.3, -0.25) is 4.57 Å². The van der Waals surface area contributed by atoms with E-state index in [4.69, 9.17) is 4.74 Å². The van der Waals surface area contributed by atoms with Crippen LogP contribution in [0.4, 0.5) is 0 Å². The maximum Gasteiger partial charge on any atom is 0.351 e. The minimum absolute atomic E-state index is 0.111. The Kier molecular flexibility index (Phi) is 2.78. The lowest BCUT2D eigenvalue weighted by molar-refractivity contribution is 0.209. The molecule has 86 valence electrons. The van der Waals surface area contributed by atoms with E-state index in [0.717, 1.165) is 5.56 Å². The molecule has 2 unspecified atom stereocenters. The summed E-state index contributed by atoms with van der Waals surface area (Å²) in [5.41, 5.74) is 0.447. The van der Waals surface area contributed by atoms with Gasteiger partial charge in [-0.15, -0.1) is 0 Å². The number of hydrogen-bond acceptors (Lipinski definition) is 4. The largest absolute Gasteiger partial charge is 0.481 e. The van der Waals surface area contributed by atoms with Gasteiger partial charge in [0.15, 0.2) is 0 Å². The molecule has 16 heavy (non-hydrogen) atoms. The van der Waals surface area contributed by atoms with Crippen molar-refractivity contribution in [3.05, 3.63) is 34.4 Å². The monoisotopic (exact) mass is 222 g/mol. The minimum Gasteiger partial charge on any atom is -0.481 e. The average Bonchev–Trinajstić information content (AvgIpc) is 2.67. The lowest BCUT2D eigenvalue weighted by atomic mass is 10.2. The van der Waals surface area contributed by atoms with Crippen molar-refractivity contribution in [1.82, 2.24) is 9.55 Å². The average molecular weight is 222 g/mol. The van der Waals surface area contributed by atoms with Crippen LogP contribution in [-0.2, 0) is 0 Å². The molecule has 0 saturated carbocycles. The number of aliphatic hydroxyl groups is 1. The van der Waals surface area contributed by atoms with Gasteiger partial charge in [-0.05, 0) is 6.92 Å². The lowest BCUT2D eigenvalue weighted by Crippen LogP contribution is -2.26. The van der Waals surface area contributed by atoms with Crippen LogP contribution < -0.4 is 10.4 Å². The first-order chi connectivity index (χ1) is 7.61. The molecule has 5 nitrogen and oxygen atoms in total. The van der Waals surface area contributed by atoms with E-state index in [0.29, 0.717) is 12.3 Å². The summed E-state index contributed by atoms with van der Waals surface area (Å²) in [6, 6.07) is -0.111. The quantitative estimate of drug-likeness (QED) is 0.737. The maximum absolute atomic E-state index is 11.7. The van der Waals surface area contributed by atoms with Gasteiger partial charge in [0.2, 0.25) is 5.88 Å². The van der Waals surface area contributed by atoms with Crippen molar-refractivity contribution in [2.45, 2.75) is 25.5 Å². The number of nitrogens with zero attached hydrogens (tertiary/aromatic N) is 2. The highest BCUT2D eigenvalue weighted by molar-refractivity contribution is 5.21. The predicted octanol–water partition coefficient (Wildman–Crippen LogP) is 0.422. The molecule has 0 radical (unpaired) electrons. The number of ether oxygens (including phenoxy) is 1. The standard InChI is InChI=1S/C11H14N2O3/c1-7-6-13(8-3-4-9(14)5-8)11(15)12-10(7)16-2/h3-4,6,8-9,14H,5H2,1-2H3. The molecule has 0 fully saturated rings. The fourth-order valence-corrected chi connectivity index (χ4v) is 1.86. The van der Waals surface area contributed by atoms with Crippen molar-refractivity contribution in [2.75, 3.05) is 7.11 Å². The first-order valence-corrected chi connectivity index (χ1v) is 5.12. The van der Waals surface area contributed by atoms with E-state index < -0.39 is 6.10 Å². The summed E-state index contributed by atoms with van der Waals surface area (Å²) < 4.78 is 6.49. The van der Waals surface area contributed by atoms with Gasteiger partial charge >= 0.3 is 5.69 Å².